The van der Waals surface area contributed by atoms with E-state index in [4.69, 9.17) is 4.74 Å². The zero-order chi connectivity index (χ0) is 59.6. The van der Waals surface area contributed by atoms with Gasteiger partial charge in [-0.05, 0) is 68.6 Å². The molecule has 25 nitrogen and oxygen atoms in total. The van der Waals surface area contributed by atoms with Crippen LogP contribution in [0.1, 0.15) is 160 Å². The molecule has 1 rings (SSSR count). The van der Waals surface area contributed by atoms with E-state index in [0.717, 1.165) is 25.7 Å². The number of aliphatic hydroxyl groups is 3. The van der Waals surface area contributed by atoms with E-state index in [-0.39, 0.29) is 43.4 Å². The van der Waals surface area contributed by atoms with Crippen molar-refractivity contribution in [2.45, 2.75) is 227 Å². The number of esters is 1. The highest BCUT2D eigenvalue weighted by molar-refractivity contribution is 5.99. The van der Waals surface area contributed by atoms with Crippen molar-refractivity contribution in [3.8, 4) is 0 Å². The number of carboxylic acids is 1. The number of hydrogen-bond acceptors (Lipinski definition) is 15. The first kappa shape index (κ1) is 70.1. The van der Waals surface area contributed by atoms with Crippen LogP contribution < -0.4 is 47.9 Å². The molecule has 25 heteroatoms. The Morgan fingerprint density at radius 1 is 0.564 bits per heavy atom. The third-order valence-electron chi connectivity index (χ3n) is 12.8. The van der Waals surface area contributed by atoms with Crippen molar-refractivity contribution in [2.24, 2.45) is 29.6 Å². The number of ether oxygens (including phenoxy) is 1. The van der Waals surface area contributed by atoms with Gasteiger partial charge in [-0.2, -0.15) is 0 Å². The first-order valence-corrected chi connectivity index (χ1v) is 27.5. The standard InChI is InChI=1S/C53H93N9O16/c1-13-14-15-16-17-18-33(65)24-40(66)54-35(21-27(2)3)46(70)55-34(19-20-41(67)68)45(69)62-44-32(12)78-53(77)43(31(10)11)61-50(74)39(26-64)59-47(71)36(22-28(4)5)56-49(73)38(25-63)58-48(72)37(23-29(6)7)57-51(75)42(30(8)9)60-52(44)76/h27-39,42-44,63-65H,13-26H2,1-12H3,(H,54,66)(H,55,70)(H,56,73)(H,57,75)(H,58,72)(H,59,71)(H,60,76)(H,61,74)(H,62,69)(H,67,68). The third-order valence-corrected chi connectivity index (χ3v) is 12.8. The van der Waals surface area contributed by atoms with Crippen molar-refractivity contribution in [3.63, 3.8) is 0 Å². The Balaban J connectivity index is 3.95. The summed E-state index contributed by atoms with van der Waals surface area (Å²) < 4.78 is 5.76. The fraction of sp³-hybridized carbons (Fsp3) is 0.792. The maximum atomic E-state index is 14.6. The molecule has 0 aromatic carbocycles. The largest absolute Gasteiger partial charge is 0.481 e. The van der Waals surface area contributed by atoms with Gasteiger partial charge in [0.15, 0.2) is 0 Å². The van der Waals surface area contributed by atoms with Crippen molar-refractivity contribution in [1.82, 2.24) is 47.9 Å². The summed E-state index contributed by atoms with van der Waals surface area (Å²) in [4.78, 5) is 151. The number of hydrogen-bond donors (Lipinski definition) is 13. The van der Waals surface area contributed by atoms with Crippen LogP contribution in [0.15, 0.2) is 0 Å². The maximum absolute atomic E-state index is 14.6. The van der Waals surface area contributed by atoms with E-state index >= 15 is 0 Å². The average molecular weight is 1110 g/mol. The van der Waals surface area contributed by atoms with Crippen molar-refractivity contribution in [2.75, 3.05) is 13.2 Å². The van der Waals surface area contributed by atoms with Gasteiger partial charge in [-0.3, -0.25) is 47.9 Å². The molecule has 1 fully saturated rings. The van der Waals surface area contributed by atoms with Gasteiger partial charge in [0.25, 0.3) is 0 Å². The van der Waals surface area contributed by atoms with Crippen molar-refractivity contribution < 1.29 is 77.9 Å². The van der Waals surface area contributed by atoms with E-state index < -0.39 is 170 Å². The first-order valence-electron chi connectivity index (χ1n) is 27.5. The minimum Gasteiger partial charge on any atom is -0.481 e. The topological polar surface area (TPSA) is 386 Å². The fourth-order valence-electron chi connectivity index (χ4n) is 8.44. The second-order valence-electron chi connectivity index (χ2n) is 22.3. The number of nitrogens with one attached hydrogen (secondary N) is 9. The van der Waals surface area contributed by atoms with Gasteiger partial charge in [-0.15, -0.1) is 0 Å². The van der Waals surface area contributed by atoms with Gasteiger partial charge >= 0.3 is 11.9 Å². The molecule has 1 heterocycles. The molecule has 0 saturated carbocycles. The molecule has 446 valence electrons. The Bertz CT molecular complexity index is 2000. The second kappa shape index (κ2) is 35.5. The van der Waals surface area contributed by atoms with Crippen molar-refractivity contribution >= 4 is 65.1 Å². The van der Waals surface area contributed by atoms with E-state index in [1.54, 1.807) is 55.4 Å². The number of cyclic esters (lactones) is 1. The van der Waals surface area contributed by atoms with Gasteiger partial charge in [-0.1, -0.05) is 108 Å². The summed E-state index contributed by atoms with van der Waals surface area (Å²) in [6, 6.07) is -14.1. The van der Waals surface area contributed by atoms with Crippen LogP contribution in [0, 0.1) is 29.6 Å². The quantitative estimate of drug-likeness (QED) is 0.0391. The van der Waals surface area contributed by atoms with Crippen LogP contribution in [-0.2, 0) is 57.5 Å². The second-order valence-corrected chi connectivity index (χ2v) is 22.3. The zero-order valence-corrected chi connectivity index (χ0v) is 47.8. The predicted molar refractivity (Wildman–Crippen MR) is 286 cm³/mol. The summed E-state index contributed by atoms with van der Waals surface area (Å²) >= 11 is 0. The average Bonchev–Trinajstić information content (AvgIpc) is 3.33. The third kappa shape index (κ3) is 25.7. The SMILES string of the molecule is CCCCCCCC(O)CC(=O)NC(CC(C)C)C(=O)NC(CCC(=O)O)C(=O)NC1C(=O)NC(C(C)C)C(=O)NC(CC(C)C)C(=O)NC(CO)C(=O)NC(CC(C)C)C(=O)NC(CO)C(=O)NC(C(C)C)C(=O)OC1C. The minimum atomic E-state index is -1.95. The van der Waals surface area contributed by atoms with Gasteiger partial charge in [0.2, 0.25) is 53.2 Å². The molecule has 11 unspecified atom stereocenters. The number of carbonyl (C=O) groups is 11. The van der Waals surface area contributed by atoms with E-state index in [2.05, 4.69) is 54.8 Å². The predicted octanol–water partition coefficient (Wildman–Crippen LogP) is -0.294. The van der Waals surface area contributed by atoms with E-state index in [1.165, 1.54) is 20.8 Å². The molecule has 11 atom stereocenters. The highest BCUT2D eigenvalue weighted by Gasteiger charge is 2.40. The van der Waals surface area contributed by atoms with Gasteiger partial charge < -0.3 is 73.0 Å². The van der Waals surface area contributed by atoms with Gasteiger partial charge in [0.05, 0.1) is 25.7 Å². The molecular formula is C53H93N9O16. The Labute approximate surface area is 459 Å². The summed E-state index contributed by atoms with van der Waals surface area (Å²) in [5.41, 5.74) is 0. The minimum absolute atomic E-state index is 0.0109. The Morgan fingerprint density at radius 3 is 1.51 bits per heavy atom. The number of carboxylic acid groups (broad SMARTS) is 1. The summed E-state index contributed by atoms with van der Waals surface area (Å²) in [5.74, 6) is -13.5. The van der Waals surface area contributed by atoms with Crippen molar-refractivity contribution in [1.29, 1.82) is 0 Å². The first-order chi connectivity index (χ1) is 36.4. The van der Waals surface area contributed by atoms with Gasteiger partial charge in [0, 0.05) is 6.42 Å². The van der Waals surface area contributed by atoms with Crippen LogP contribution in [0.3, 0.4) is 0 Å². The summed E-state index contributed by atoms with van der Waals surface area (Å²) in [5, 5.41) is 63.3. The lowest BCUT2D eigenvalue weighted by molar-refractivity contribution is -0.157. The lowest BCUT2D eigenvalue weighted by atomic mass is 9.98. The number of amides is 9. The number of unbranched alkanes of at least 4 members (excludes halogenated alkanes) is 4. The molecule has 0 bridgehead atoms. The maximum Gasteiger partial charge on any atom is 0.329 e. The lowest BCUT2D eigenvalue weighted by Crippen LogP contribution is -2.63. The molecular weight excluding hydrogens is 1020 g/mol. The molecule has 0 radical (unpaired) electrons. The zero-order valence-electron chi connectivity index (χ0n) is 47.8. The molecule has 9 amide bonds. The van der Waals surface area contributed by atoms with Crippen LogP contribution in [0.4, 0.5) is 0 Å². The molecule has 78 heavy (non-hydrogen) atoms. The summed E-state index contributed by atoms with van der Waals surface area (Å²) in [6.07, 6.45) is 0.809. The highest BCUT2D eigenvalue weighted by Crippen LogP contribution is 2.16. The molecule has 0 spiro atoms. The molecule has 13 N–H and O–H groups in total. The smallest absolute Gasteiger partial charge is 0.329 e. The highest BCUT2D eigenvalue weighted by atomic mass is 16.5. The van der Waals surface area contributed by atoms with Gasteiger partial charge in [-0.25, -0.2) is 4.79 Å². The molecule has 1 aliphatic rings. The van der Waals surface area contributed by atoms with Crippen molar-refractivity contribution in [3.05, 3.63) is 0 Å². The monoisotopic (exact) mass is 1110 g/mol. The van der Waals surface area contributed by atoms with Crippen LogP contribution in [0.2, 0.25) is 0 Å². The number of rotatable bonds is 26. The Hall–Kier alpha value is -5.95. The number of aliphatic carboxylic acids is 1. The summed E-state index contributed by atoms with van der Waals surface area (Å²) in [7, 11) is 0. The Kier molecular flexibility index (Phi) is 31.9. The molecule has 0 aromatic heterocycles. The Morgan fingerprint density at radius 2 is 1.04 bits per heavy atom. The molecule has 0 aliphatic carbocycles. The van der Waals surface area contributed by atoms with Crippen LogP contribution in [0.25, 0.3) is 0 Å². The lowest BCUT2D eigenvalue weighted by Gasteiger charge is -2.32. The fourth-order valence-corrected chi connectivity index (χ4v) is 8.44. The normalized spacial score (nSPS) is 23.8. The molecule has 1 aliphatic heterocycles. The molecule has 0 aromatic rings. The van der Waals surface area contributed by atoms with Crippen LogP contribution >= 0.6 is 0 Å². The van der Waals surface area contributed by atoms with Crippen LogP contribution in [-0.4, -0.2) is 165 Å². The van der Waals surface area contributed by atoms with E-state index in [0.29, 0.717) is 12.8 Å². The molecule has 1 saturated heterocycles. The van der Waals surface area contributed by atoms with E-state index in [9.17, 15) is 73.2 Å². The number of carbonyl (C=O) groups excluding carboxylic acids is 10. The van der Waals surface area contributed by atoms with Crippen LogP contribution in [0.5, 0.6) is 0 Å². The van der Waals surface area contributed by atoms with Gasteiger partial charge in [0.1, 0.15) is 60.5 Å². The van der Waals surface area contributed by atoms with E-state index in [1.807, 2.05) is 0 Å². The summed E-state index contributed by atoms with van der Waals surface area (Å²) in [6.45, 7) is 18.0. The number of aliphatic hydroxyl groups excluding tert-OH is 3.